The number of anilines is 2. The summed E-state index contributed by atoms with van der Waals surface area (Å²) in [6.07, 6.45) is -0.353. The number of carbonyl (C=O) groups is 2. The Hall–Kier alpha value is -4.84. The van der Waals surface area contributed by atoms with Gasteiger partial charge in [0, 0.05) is 17.7 Å². The molecule has 5 rings (SSSR count). The van der Waals surface area contributed by atoms with Crippen molar-refractivity contribution >= 4 is 28.9 Å². The van der Waals surface area contributed by atoms with Crippen LogP contribution in [-0.2, 0) is 14.4 Å². The molecule has 214 valence electrons. The second-order valence-corrected chi connectivity index (χ2v) is 9.38. The lowest BCUT2D eigenvalue weighted by Crippen LogP contribution is -2.37. The number of amides is 2. The van der Waals surface area contributed by atoms with Crippen molar-refractivity contribution in [2.45, 2.75) is 25.5 Å². The molecule has 0 aromatic heterocycles. The topological polar surface area (TPSA) is 130 Å². The molecule has 2 aliphatic heterocycles. The number of non-ortho nitro benzene ring substituents is 1. The largest absolute Gasteiger partial charge is 0.494 e. The predicted molar refractivity (Wildman–Crippen MR) is 147 cm³/mol. The summed E-state index contributed by atoms with van der Waals surface area (Å²) in [5.74, 6) is -0.484. The minimum absolute atomic E-state index is 0.175. The number of ether oxygens (including phenoxy) is 4. The summed E-state index contributed by atoms with van der Waals surface area (Å²) >= 11 is 0. The fourth-order valence-corrected chi connectivity index (χ4v) is 5.22. The summed E-state index contributed by atoms with van der Waals surface area (Å²) in [6, 6.07) is 14.9. The molecule has 0 unspecified atom stereocenters. The Morgan fingerprint density at radius 1 is 0.902 bits per heavy atom. The summed E-state index contributed by atoms with van der Waals surface area (Å²) in [5, 5.41) is 12.9. The highest BCUT2D eigenvalue weighted by Crippen LogP contribution is 2.53. The Morgan fingerprint density at radius 3 is 2.27 bits per heavy atom. The van der Waals surface area contributed by atoms with Gasteiger partial charge in [-0.3, -0.25) is 24.5 Å². The molecule has 0 N–H and O–H groups in total. The number of nitrogens with zero attached hydrogens (tertiary/aromatic N) is 3. The van der Waals surface area contributed by atoms with Crippen LogP contribution in [0.1, 0.15) is 24.9 Å². The van der Waals surface area contributed by atoms with E-state index in [2.05, 4.69) is 0 Å². The van der Waals surface area contributed by atoms with Crippen LogP contribution in [0.2, 0.25) is 0 Å². The third-order valence-electron chi connectivity index (χ3n) is 7.03. The number of imide groups is 1. The minimum atomic E-state index is -1.19. The van der Waals surface area contributed by atoms with Gasteiger partial charge in [-0.05, 0) is 48.9 Å². The fourth-order valence-electron chi connectivity index (χ4n) is 5.22. The maximum atomic E-state index is 14.0. The van der Waals surface area contributed by atoms with Crippen molar-refractivity contribution in [3.05, 3.63) is 76.3 Å². The molecule has 3 aromatic rings. The SMILES string of the molecule is CCCOc1ccc(N2C(=O)[C@@H]3[C@H](ON(c4cccc([N+](=O)[O-])c4)[C@H]3c3ccc(OC)c(OC)c3OC)C2=O)cc1. The zero-order valence-corrected chi connectivity index (χ0v) is 22.9. The molecule has 41 heavy (non-hydrogen) atoms. The summed E-state index contributed by atoms with van der Waals surface area (Å²) in [5.41, 5.74) is 0.961. The summed E-state index contributed by atoms with van der Waals surface area (Å²) in [4.78, 5) is 46.0. The van der Waals surface area contributed by atoms with Gasteiger partial charge in [-0.2, -0.15) is 0 Å². The highest BCUT2D eigenvalue weighted by atomic mass is 16.7. The van der Waals surface area contributed by atoms with Gasteiger partial charge in [0.05, 0.1) is 44.2 Å². The first-order valence-electron chi connectivity index (χ1n) is 12.9. The van der Waals surface area contributed by atoms with Crippen LogP contribution in [0.3, 0.4) is 0 Å². The molecule has 2 heterocycles. The molecule has 0 bridgehead atoms. The number of methoxy groups -OCH3 is 3. The summed E-state index contributed by atoms with van der Waals surface area (Å²) in [7, 11) is 4.38. The number of hydroxylamine groups is 1. The molecular formula is C29H29N3O9. The van der Waals surface area contributed by atoms with Gasteiger partial charge in [0.25, 0.3) is 11.6 Å². The van der Waals surface area contributed by atoms with Gasteiger partial charge in [0.2, 0.25) is 11.7 Å². The smallest absolute Gasteiger partial charge is 0.271 e. The fraction of sp³-hybridized carbons (Fsp3) is 0.310. The molecule has 3 aromatic carbocycles. The second-order valence-electron chi connectivity index (χ2n) is 9.38. The van der Waals surface area contributed by atoms with Crippen LogP contribution in [0.25, 0.3) is 0 Å². The van der Waals surface area contributed by atoms with E-state index in [0.29, 0.717) is 35.0 Å². The van der Waals surface area contributed by atoms with Crippen LogP contribution in [-0.4, -0.2) is 50.8 Å². The molecule has 0 spiro atoms. The highest BCUT2D eigenvalue weighted by Gasteiger charge is 2.61. The lowest BCUT2D eigenvalue weighted by atomic mass is 9.89. The molecule has 2 fully saturated rings. The summed E-state index contributed by atoms with van der Waals surface area (Å²) in [6.45, 7) is 2.54. The average molecular weight is 564 g/mol. The Bertz CT molecular complexity index is 1480. The Balaban J connectivity index is 1.61. The lowest BCUT2D eigenvalue weighted by molar-refractivity contribution is -0.384. The van der Waals surface area contributed by atoms with Gasteiger partial charge in [-0.15, -0.1) is 0 Å². The molecule has 2 saturated heterocycles. The molecule has 0 radical (unpaired) electrons. The standard InChI is InChI=1S/C29H29N3O9/c1-5-15-40-20-11-9-17(10-12-20)30-28(33)23-24(21-13-14-22(37-2)26(39-4)25(21)38-3)31(41-27(23)29(30)34)18-7-6-8-19(16-18)32(35)36/h6-14,16,23-24,27H,5,15H2,1-4H3/t23-,24-,27-/m0/s1. The minimum Gasteiger partial charge on any atom is -0.494 e. The Labute approximate surface area is 236 Å². The quantitative estimate of drug-likeness (QED) is 0.198. The lowest BCUT2D eigenvalue weighted by Gasteiger charge is -2.30. The third-order valence-corrected chi connectivity index (χ3v) is 7.03. The van der Waals surface area contributed by atoms with Crippen LogP contribution >= 0.6 is 0 Å². The van der Waals surface area contributed by atoms with Crippen molar-refractivity contribution in [1.29, 1.82) is 0 Å². The highest BCUT2D eigenvalue weighted by molar-refractivity contribution is 6.24. The van der Waals surface area contributed by atoms with Crippen LogP contribution in [0.4, 0.5) is 17.1 Å². The van der Waals surface area contributed by atoms with Crippen LogP contribution in [0.5, 0.6) is 23.0 Å². The number of hydrogen-bond donors (Lipinski definition) is 0. The van der Waals surface area contributed by atoms with E-state index in [1.165, 1.54) is 44.6 Å². The number of fused-ring (bicyclic) bond motifs is 1. The second kappa shape index (κ2) is 11.3. The summed E-state index contributed by atoms with van der Waals surface area (Å²) < 4.78 is 22.3. The molecular weight excluding hydrogens is 534 g/mol. The number of benzene rings is 3. The van der Waals surface area contributed by atoms with Gasteiger partial charge in [-0.1, -0.05) is 13.0 Å². The Kier molecular flexibility index (Phi) is 7.66. The van der Waals surface area contributed by atoms with Crippen molar-refractivity contribution in [3.8, 4) is 23.0 Å². The van der Waals surface area contributed by atoms with E-state index in [0.717, 1.165) is 11.3 Å². The maximum absolute atomic E-state index is 14.0. The van der Waals surface area contributed by atoms with Gasteiger partial charge in [0.1, 0.15) is 17.7 Å². The van der Waals surface area contributed by atoms with Crippen LogP contribution < -0.4 is 28.9 Å². The average Bonchev–Trinajstić information content (AvgIpc) is 3.50. The van der Waals surface area contributed by atoms with Crippen molar-refractivity contribution < 1.29 is 38.3 Å². The van der Waals surface area contributed by atoms with Crippen LogP contribution in [0, 0.1) is 16.0 Å². The van der Waals surface area contributed by atoms with E-state index in [9.17, 15) is 19.7 Å². The first-order chi connectivity index (χ1) is 19.8. The normalized spacial score (nSPS) is 19.8. The first kappa shape index (κ1) is 27.7. The van der Waals surface area contributed by atoms with E-state index >= 15 is 0 Å². The van der Waals surface area contributed by atoms with E-state index < -0.39 is 34.8 Å². The van der Waals surface area contributed by atoms with Gasteiger partial charge in [-0.25, -0.2) is 9.96 Å². The number of nitro benzene ring substituents is 1. The van der Waals surface area contributed by atoms with Gasteiger partial charge < -0.3 is 18.9 Å². The maximum Gasteiger partial charge on any atom is 0.271 e. The predicted octanol–water partition coefficient (Wildman–Crippen LogP) is 4.46. The van der Waals surface area contributed by atoms with Crippen LogP contribution in [0.15, 0.2) is 60.7 Å². The number of nitro groups is 1. The Morgan fingerprint density at radius 2 is 1.63 bits per heavy atom. The van der Waals surface area contributed by atoms with E-state index in [4.69, 9.17) is 23.8 Å². The van der Waals surface area contributed by atoms with Crippen molar-refractivity contribution in [3.63, 3.8) is 0 Å². The van der Waals surface area contributed by atoms with E-state index in [1.54, 1.807) is 42.5 Å². The molecule has 2 amide bonds. The van der Waals surface area contributed by atoms with Crippen molar-refractivity contribution in [1.82, 2.24) is 0 Å². The molecule has 12 nitrogen and oxygen atoms in total. The van der Waals surface area contributed by atoms with E-state index in [-0.39, 0.29) is 17.2 Å². The molecule has 12 heteroatoms. The van der Waals surface area contributed by atoms with Crippen molar-refractivity contribution in [2.75, 3.05) is 37.9 Å². The van der Waals surface area contributed by atoms with Gasteiger partial charge >= 0.3 is 0 Å². The first-order valence-corrected chi connectivity index (χ1v) is 12.9. The molecule has 2 aliphatic rings. The van der Waals surface area contributed by atoms with Gasteiger partial charge in [0.15, 0.2) is 17.6 Å². The van der Waals surface area contributed by atoms with Crippen molar-refractivity contribution in [2.24, 2.45) is 5.92 Å². The molecule has 0 saturated carbocycles. The van der Waals surface area contributed by atoms with E-state index in [1.807, 2.05) is 6.92 Å². The zero-order chi connectivity index (χ0) is 29.3. The monoisotopic (exact) mass is 563 g/mol. The number of rotatable bonds is 10. The number of carbonyl (C=O) groups excluding carboxylic acids is 2. The molecule has 0 aliphatic carbocycles. The zero-order valence-electron chi connectivity index (χ0n) is 22.9. The third kappa shape index (κ3) is 4.76. The number of hydrogen-bond acceptors (Lipinski definition) is 10. The molecule has 3 atom stereocenters.